The Bertz CT molecular complexity index is 336. The average molecular weight is 220 g/mol. The number of anilines is 1. The van der Waals surface area contributed by atoms with E-state index in [-0.39, 0.29) is 0 Å². The van der Waals surface area contributed by atoms with Gasteiger partial charge in [0.05, 0.1) is 7.11 Å². The number of benzene rings is 1. The average Bonchev–Trinajstić information content (AvgIpc) is 2.75. The zero-order valence-electron chi connectivity index (χ0n) is 10.0. The molecular formula is C13H20N2O. The van der Waals surface area contributed by atoms with E-state index in [9.17, 15) is 0 Å². The first-order chi connectivity index (χ1) is 7.72. The first-order valence-corrected chi connectivity index (χ1v) is 5.85. The van der Waals surface area contributed by atoms with E-state index in [0.29, 0.717) is 12.1 Å². The SMILES string of the molecule is COc1ccc(N(C)C2CCCC2N)cc1. The van der Waals surface area contributed by atoms with Crippen molar-refractivity contribution in [2.24, 2.45) is 5.73 Å². The zero-order valence-corrected chi connectivity index (χ0v) is 10.0. The molecule has 1 aromatic carbocycles. The molecule has 0 spiro atoms. The number of likely N-dealkylation sites (N-methyl/N-ethyl adjacent to an activating group) is 1. The Morgan fingerprint density at radius 3 is 2.44 bits per heavy atom. The van der Waals surface area contributed by atoms with Crippen LogP contribution in [0.2, 0.25) is 0 Å². The lowest BCUT2D eigenvalue weighted by Crippen LogP contribution is -2.42. The van der Waals surface area contributed by atoms with Crippen molar-refractivity contribution >= 4 is 5.69 Å². The third kappa shape index (κ3) is 2.14. The summed E-state index contributed by atoms with van der Waals surface area (Å²) in [6, 6.07) is 8.95. The summed E-state index contributed by atoms with van der Waals surface area (Å²) in [6.07, 6.45) is 3.58. The van der Waals surface area contributed by atoms with Crippen LogP contribution in [0.25, 0.3) is 0 Å². The van der Waals surface area contributed by atoms with Gasteiger partial charge in [0.25, 0.3) is 0 Å². The Labute approximate surface area is 97.2 Å². The van der Waals surface area contributed by atoms with Crippen LogP contribution in [0.5, 0.6) is 5.75 Å². The number of ether oxygens (including phenoxy) is 1. The highest BCUT2D eigenvalue weighted by atomic mass is 16.5. The minimum atomic E-state index is 0.312. The highest BCUT2D eigenvalue weighted by Crippen LogP contribution is 2.27. The number of hydrogen-bond donors (Lipinski definition) is 1. The molecule has 1 fully saturated rings. The van der Waals surface area contributed by atoms with Crippen LogP contribution < -0.4 is 15.4 Å². The molecule has 1 saturated carbocycles. The van der Waals surface area contributed by atoms with Crippen molar-refractivity contribution in [2.45, 2.75) is 31.3 Å². The lowest BCUT2D eigenvalue weighted by molar-refractivity contribution is 0.414. The van der Waals surface area contributed by atoms with Crippen LogP contribution in [0.3, 0.4) is 0 Å². The molecule has 2 rings (SSSR count). The Hall–Kier alpha value is -1.22. The van der Waals surface area contributed by atoms with Crippen molar-refractivity contribution in [3.63, 3.8) is 0 Å². The molecule has 1 aromatic rings. The highest BCUT2D eigenvalue weighted by molar-refractivity contribution is 5.49. The number of nitrogens with zero attached hydrogens (tertiary/aromatic N) is 1. The molecule has 1 aliphatic rings. The molecule has 0 saturated heterocycles. The molecule has 16 heavy (non-hydrogen) atoms. The van der Waals surface area contributed by atoms with Gasteiger partial charge in [-0.05, 0) is 43.5 Å². The maximum atomic E-state index is 6.11. The topological polar surface area (TPSA) is 38.5 Å². The fraction of sp³-hybridized carbons (Fsp3) is 0.538. The third-order valence-electron chi connectivity index (χ3n) is 3.51. The molecule has 2 atom stereocenters. The quantitative estimate of drug-likeness (QED) is 0.847. The van der Waals surface area contributed by atoms with E-state index in [1.165, 1.54) is 18.5 Å². The molecule has 2 N–H and O–H groups in total. The molecule has 3 nitrogen and oxygen atoms in total. The summed E-state index contributed by atoms with van der Waals surface area (Å²) < 4.78 is 5.15. The maximum absolute atomic E-state index is 6.11. The van der Waals surface area contributed by atoms with Crippen molar-refractivity contribution < 1.29 is 4.74 Å². The maximum Gasteiger partial charge on any atom is 0.119 e. The Balaban J connectivity index is 2.10. The number of hydrogen-bond acceptors (Lipinski definition) is 3. The van der Waals surface area contributed by atoms with Crippen LogP contribution in [-0.2, 0) is 0 Å². The fourth-order valence-electron chi connectivity index (χ4n) is 2.46. The fourth-order valence-corrected chi connectivity index (χ4v) is 2.46. The lowest BCUT2D eigenvalue weighted by Gasteiger charge is -2.29. The summed E-state index contributed by atoms with van der Waals surface area (Å²) >= 11 is 0. The monoisotopic (exact) mass is 220 g/mol. The number of methoxy groups -OCH3 is 1. The van der Waals surface area contributed by atoms with E-state index in [4.69, 9.17) is 10.5 Å². The van der Waals surface area contributed by atoms with Gasteiger partial charge >= 0.3 is 0 Å². The zero-order chi connectivity index (χ0) is 11.5. The first kappa shape index (κ1) is 11.3. The number of rotatable bonds is 3. The van der Waals surface area contributed by atoms with Gasteiger partial charge < -0.3 is 15.4 Å². The van der Waals surface area contributed by atoms with Crippen LogP contribution in [0, 0.1) is 0 Å². The van der Waals surface area contributed by atoms with Crippen molar-refractivity contribution in [3.8, 4) is 5.75 Å². The van der Waals surface area contributed by atoms with Gasteiger partial charge in [-0.1, -0.05) is 0 Å². The first-order valence-electron chi connectivity index (χ1n) is 5.85. The standard InChI is InChI=1S/C13H20N2O/c1-15(13-5-3-4-12(13)14)10-6-8-11(16-2)9-7-10/h6-9,12-13H,3-5,14H2,1-2H3. The van der Waals surface area contributed by atoms with Crippen molar-refractivity contribution in [2.75, 3.05) is 19.1 Å². The van der Waals surface area contributed by atoms with Crippen LogP contribution in [-0.4, -0.2) is 26.2 Å². The molecule has 0 aliphatic heterocycles. The second-order valence-corrected chi connectivity index (χ2v) is 4.47. The Morgan fingerprint density at radius 1 is 1.25 bits per heavy atom. The molecular weight excluding hydrogens is 200 g/mol. The molecule has 1 aliphatic carbocycles. The van der Waals surface area contributed by atoms with Gasteiger partial charge in [-0.3, -0.25) is 0 Å². The van der Waals surface area contributed by atoms with Gasteiger partial charge in [0.2, 0.25) is 0 Å². The van der Waals surface area contributed by atoms with Crippen molar-refractivity contribution in [1.29, 1.82) is 0 Å². The highest BCUT2D eigenvalue weighted by Gasteiger charge is 2.27. The predicted molar refractivity (Wildman–Crippen MR) is 67.0 cm³/mol. The van der Waals surface area contributed by atoms with E-state index in [1.807, 2.05) is 12.1 Å². The Kier molecular flexibility index (Phi) is 3.34. The molecule has 0 radical (unpaired) electrons. The summed E-state index contributed by atoms with van der Waals surface area (Å²) in [7, 11) is 3.81. The van der Waals surface area contributed by atoms with Gasteiger partial charge in [0, 0.05) is 24.8 Å². The largest absolute Gasteiger partial charge is 0.497 e. The minimum absolute atomic E-state index is 0.312. The van der Waals surface area contributed by atoms with E-state index in [2.05, 4.69) is 24.1 Å². The van der Waals surface area contributed by atoms with Gasteiger partial charge in [-0.2, -0.15) is 0 Å². The molecule has 88 valence electrons. The van der Waals surface area contributed by atoms with Crippen LogP contribution in [0.15, 0.2) is 24.3 Å². The van der Waals surface area contributed by atoms with E-state index in [0.717, 1.165) is 12.2 Å². The van der Waals surface area contributed by atoms with Gasteiger partial charge in [-0.25, -0.2) is 0 Å². The molecule has 0 heterocycles. The van der Waals surface area contributed by atoms with Crippen molar-refractivity contribution in [1.82, 2.24) is 0 Å². The summed E-state index contributed by atoms with van der Waals surface area (Å²) in [6.45, 7) is 0. The third-order valence-corrected chi connectivity index (χ3v) is 3.51. The lowest BCUT2D eigenvalue weighted by atomic mass is 10.1. The van der Waals surface area contributed by atoms with Gasteiger partial charge in [0.15, 0.2) is 0 Å². The molecule has 2 unspecified atom stereocenters. The molecule has 0 amide bonds. The number of nitrogens with two attached hydrogens (primary N) is 1. The van der Waals surface area contributed by atoms with Gasteiger partial charge in [0.1, 0.15) is 5.75 Å². The van der Waals surface area contributed by atoms with E-state index >= 15 is 0 Å². The van der Waals surface area contributed by atoms with Crippen molar-refractivity contribution in [3.05, 3.63) is 24.3 Å². The van der Waals surface area contributed by atoms with Crippen LogP contribution >= 0.6 is 0 Å². The Morgan fingerprint density at radius 2 is 1.94 bits per heavy atom. The summed E-state index contributed by atoms with van der Waals surface area (Å²) in [5.41, 5.74) is 7.32. The molecule has 3 heteroatoms. The van der Waals surface area contributed by atoms with E-state index in [1.54, 1.807) is 7.11 Å². The second-order valence-electron chi connectivity index (χ2n) is 4.47. The molecule has 0 bridgehead atoms. The second kappa shape index (κ2) is 4.74. The summed E-state index contributed by atoms with van der Waals surface area (Å²) in [5.74, 6) is 0.896. The predicted octanol–water partition coefficient (Wildman–Crippen LogP) is 2.01. The van der Waals surface area contributed by atoms with E-state index < -0.39 is 0 Å². The smallest absolute Gasteiger partial charge is 0.119 e. The summed E-state index contributed by atoms with van der Waals surface area (Å²) in [4.78, 5) is 2.29. The van der Waals surface area contributed by atoms with Crippen LogP contribution in [0.4, 0.5) is 5.69 Å². The molecule has 0 aromatic heterocycles. The van der Waals surface area contributed by atoms with Gasteiger partial charge in [-0.15, -0.1) is 0 Å². The minimum Gasteiger partial charge on any atom is -0.497 e. The normalized spacial score (nSPS) is 24.4. The van der Waals surface area contributed by atoms with Crippen LogP contribution in [0.1, 0.15) is 19.3 Å². The summed E-state index contributed by atoms with van der Waals surface area (Å²) in [5, 5.41) is 0.